The fourth-order valence-corrected chi connectivity index (χ4v) is 4.34. The van der Waals surface area contributed by atoms with E-state index in [0.717, 1.165) is 37.1 Å². The van der Waals surface area contributed by atoms with Gasteiger partial charge in [-0.1, -0.05) is 52.4 Å². The van der Waals surface area contributed by atoms with Crippen molar-refractivity contribution in [2.45, 2.75) is 129 Å². The zero-order chi connectivity index (χ0) is 24.9. The Kier molecular flexibility index (Phi) is 18.0. The smallest absolute Gasteiger partial charge is 0.169 e. The molecule has 0 aromatic carbocycles. The van der Waals surface area contributed by atoms with Crippen LogP contribution < -0.4 is 43.1 Å². The molecule has 0 radical (unpaired) electrons. The quantitative estimate of drug-likeness (QED) is 0.193. The normalized spacial score (nSPS) is 14.3. The highest BCUT2D eigenvalue weighted by atomic mass is 79.9. The maximum atomic E-state index is 10.3. The van der Waals surface area contributed by atoms with E-state index in [9.17, 15) is 10.2 Å². The summed E-state index contributed by atoms with van der Waals surface area (Å²) in [6, 6.07) is 8.21. The Bertz CT molecular complexity index is 739. The van der Waals surface area contributed by atoms with Crippen LogP contribution in [-0.4, -0.2) is 10.2 Å². The molecule has 2 aromatic rings. The van der Waals surface area contributed by atoms with Gasteiger partial charge in [0.2, 0.25) is 0 Å². The molecule has 2 atom stereocenters. The van der Waals surface area contributed by atoms with Gasteiger partial charge in [0.1, 0.15) is 13.1 Å². The minimum atomic E-state index is -0.720. The SMILES string of the molecule is CCC(C)(O)c1cc[n+](CCCCCCCCCCCC[n+]2ccc(C(C)(O)CC)cc2)cc1.[Br-].[Br-]. The maximum absolute atomic E-state index is 10.3. The third-order valence-corrected chi connectivity index (χ3v) is 7.49. The average molecular weight is 631 g/mol. The number of aryl methyl sites for hydroxylation is 2. The lowest BCUT2D eigenvalue weighted by molar-refractivity contribution is -0.697. The highest BCUT2D eigenvalue weighted by Crippen LogP contribution is 2.23. The van der Waals surface area contributed by atoms with Gasteiger partial charge in [0, 0.05) is 37.1 Å². The molecule has 0 aliphatic heterocycles. The highest BCUT2D eigenvalue weighted by molar-refractivity contribution is 5.16. The van der Waals surface area contributed by atoms with E-state index in [1.807, 2.05) is 27.7 Å². The summed E-state index contributed by atoms with van der Waals surface area (Å²) in [7, 11) is 0. The minimum absolute atomic E-state index is 0. The van der Waals surface area contributed by atoms with Gasteiger partial charge in [-0.2, -0.15) is 0 Å². The fourth-order valence-electron chi connectivity index (χ4n) is 4.34. The van der Waals surface area contributed by atoms with Crippen LogP contribution in [0.1, 0.15) is 116 Å². The molecule has 0 bridgehead atoms. The van der Waals surface area contributed by atoms with Gasteiger partial charge in [-0.05, 0) is 50.7 Å². The van der Waals surface area contributed by atoms with Crippen molar-refractivity contribution >= 4 is 0 Å². The number of hydrogen-bond acceptors (Lipinski definition) is 2. The van der Waals surface area contributed by atoms with Crippen LogP contribution in [0.15, 0.2) is 49.1 Å². The van der Waals surface area contributed by atoms with E-state index in [1.54, 1.807) is 0 Å². The molecule has 2 unspecified atom stereocenters. The summed E-state index contributed by atoms with van der Waals surface area (Å²) in [6.07, 6.45) is 23.0. The molecule has 206 valence electrons. The highest BCUT2D eigenvalue weighted by Gasteiger charge is 2.22. The molecule has 0 spiro atoms. The lowest BCUT2D eigenvalue weighted by Crippen LogP contribution is -3.00. The van der Waals surface area contributed by atoms with Crippen LogP contribution in [0.4, 0.5) is 0 Å². The Balaban J connectivity index is 0.00000612. The number of nitrogens with zero attached hydrogens (tertiary/aromatic N) is 2. The van der Waals surface area contributed by atoms with E-state index < -0.39 is 11.2 Å². The van der Waals surface area contributed by atoms with E-state index in [0.29, 0.717) is 0 Å². The van der Waals surface area contributed by atoms with Crippen molar-refractivity contribution in [2.24, 2.45) is 0 Å². The first kappa shape index (κ1) is 35.2. The lowest BCUT2D eigenvalue weighted by atomic mass is 9.94. The first-order valence-corrected chi connectivity index (χ1v) is 13.7. The summed E-state index contributed by atoms with van der Waals surface area (Å²) in [5, 5.41) is 20.7. The number of unbranched alkanes of at least 4 members (excludes halogenated alkanes) is 9. The predicted molar refractivity (Wildman–Crippen MR) is 139 cm³/mol. The van der Waals surface area contributed by atoms with E-state index >= 15 is 0 Å². The van der Waals surface area contributed by atoms with Gasteiger partial charge in [0.25, 0.3) is 0 Å². The van der Waals surface area contributed by atoms with E-state index in [4.69, 9.17) is 0 Å². The van der Waals surface area contributed by atoms with Crippen molar-refractivity contribution in [1.29, 1.82) is 0 Å². The van der Waals surface area contributed by atoms with E-state index in [2.05, 4.69) is 58.2 Å². The van der Waals surface area contributed by atoms with Gasteiger partial charge in [-0.3, -0.25) is 0 Å². The first-order valence-electron chi connectivity index (χ1n) is 13.7. The molecule has 4 nitrogen and oxygen atoms in total. The van der Waals surface area contributed by atoms with Gasteiger partial charge in [0.15, 0.2) is 24.8 Å². The van der Waals surface area contributed by atoms with E-state index in [1.165, 1.54) is 64.2 Å². The van der Waals surface area contributed by atoms with Crippen LogP contribution in [0.5, 0.6) is 0 Å². The average Bonchev–Trinajstić information content (AvgIpc) is 2.85. The number of halogens is 2. The number of rotatable bonds is 17. The molecule has 2 heterocycles. The molecule has 0 fully saturated rings. The second-order valence-electron chi connectivity index (χ2n) is 10.4. The largest absolute Gasteiger partial charge is 1.00 e. The maximum Gasteiger partial charge on any atom is 0.169 e. The summed E-state index contributed by atoms with van der Waals surface area (Å²) < 4.78 is 4.47. The van der Waals surface area contributed by atoms with Crippen molar-refractivity contribution in [3.8, 4) is 0 Å². The molecule has 0 saturated heterocycles. The Morgan fingerprint density at radius 1 is 0.528 bits per heavy atom. The molecular weight excluding hydrogens is 580 g/mol. The molecule has 2 N–H and O–H groups in total. The molecule has 0 aliphatic rings. The second-order valence-corrected chi connectivity index (χ2v) is 10.4. The van der Waals surface area contributed by atoms with Gasteiger partial charge >= 0.3 is 0 Å². The molecule has 0 amide bonds. The van der Waals surface area contributed by atoms with Gasteiger partial charge < -0.3 is 44.2 Å². The van der Waals surface area contributed by atoms with Gasteiger partial charge in [0.05, 0.1) is 11.2 Å². The summed E-state index contributed by atoms with van der Waals surface area (Å²) in [4.78, 5) is 0. The zero-order valence-corrected chi connectivity index (χ0v) is 26.2. The summed E-state index contributed by atoms with van der Waals surface area (Å²) in [6.45, 7) is 9.92. The number of pyridine rings is 2. The lowest BCUT2D eigenvalue weighted by Gasteiger charge is -2.20. The Hall–Kier alpha value is -0.820. The minimum Gasteiger partial charge on any atom is -1.00 e. The summed E-state index contributed by atoms with van der Waals surface area (Å²) >= 11 is 0. The van der Waals surface area contributed by atoms with Crippen LogP contribution in [0.3, 0.4) is 0 Å². The molecule has 2 rings (SSSR count). The zero-order valence-electron chi connectivity index (χ0n) is 23.1. The van der Waals surface area contributed by atoms with Gasteiger partial charge in [-0.25, -0.2) is 9.13 Å². The summed E-state index contributed by atoms with van der Waals surface area (Å²) in [5.41, 5.74) is 0.563. The van der Waals surface area contributed by atoms with Crippen LogP contribution in [-0.2, 0) is 24.3 Å². The monoisotopic (exact) mass is 628 g/mol. The molecule has 0 saturated carbocycles. The topological polar surface area (TPSA) is 48.2 Å². The van der Waals surface area contributed by atoms with Crippen molar-refractivity contribution in [1.82, 2.24) is 0 Å². The Morgan fingerprint density at radius 3 is 1.03 bits per heavy atom. The Morgan fingerprint density at radius 2 is 0.778 bits per heavy atom. The standard InChI is InChI=1S/C30H50N2O2.2BrH/c1-5-29(3,33)27-17-23-31(24-18-27)21-15-13-11-9-7-8-10-12-14-16-22-32-25-19-28(20-26-32)30(4,34)6-2;;/h17-20,23-26,33-34H,5-16,21-22H2,1-4H3;2*1H/q+2;;/p-2. The molecule has 36 heavy (non-hydrogen) atoms. The van der Waals surface area contributed by atoms with E-state index in [-0.39, 0.29) is 34.0 Å². The number of aliphatic hydroxyl groups is 2. The first-order chi connectivity index (χ1) is 16.3. The third-order valence-electron chi connectivity index (χ3n) is 7.49. The molecule has 2 aromatic heterocycles. The van der Waals surface area contributed by atoms with Crippen LogP contribution in [0.2, 0.25) is 0 Å². The molecule has 0 aliphatic carbocycles. The van der Waals surface area contributed by atoms with Crippen LogP contribution in [0, 0.1) is 0 Å². The third kappa shape index (κ3) is 12.6. The van der Waals surface area contributed by atoms with Crippen molar-refractivity contribution in [2.75, 3.05) is 0 Å². The molecular formula is C30H50Br2N2O2. The number of hydrogen-bond donors (Lipinski definition) is 2. The fraction of sp³-hybridized carbons (Fsp3) is 0.667. The van der Waals surface area contributed by atoms with Crippen molar-refractivity contribution in [3.63, 3.8) is 0 Å². The van der Waals surface area contributed by atoms with Crippen molar-refractivity contribution in [3.05, 3.63) is 60.2 Å². The summed E-state index contributed by atoms with van der Waals surface area (Å²) in [5.74, 6) is 0. The number of aromatic nitrogens is 2. The van der Waals surface area contributed by atoms with Crippen LogP contribution >= 0.6 is 0 Å². The molecule has 6 heteroatoms. The predicted octanol–water partition coefficient (Wildman–Crippen LogP) is 0.106. The van der Waals surface area contributed by atoms with Gasteiger partial charge in [-0.15, -0.1) is 0 Å². The second kappa shape index (κ2) is 18.4. The van der Waals surface area contributed by atoms with Crippen molar-refractivity contribution < 1.29 is 53.3 Å². The van der Waals surface area contributed by atoms with Crippen LogP contribution in [0.25, 0.3) is 0 Å². The Labute approximate surface area is 241 Å².